The molecule has 1 aliphatic rings. The number of piperidine rings is 1. The molecule has 32 heavy (non-hydrogen) atoms. The second kappa shape index (κ2) is 10.2. The minimum absolute atomic E-state index is 0.0706. The van der Waals surface area contributed by atoms with Crippen LogP contribution < -0.4 is 33.5 Å². The first-order valence-corrected chi connectivity index (χ1v) is 9.79. The van der Waals surface area contributed by atoms with Crippen molar-refractivity contribution < 1.29 is 9.59 Å². The van der Waals surface area contributed by atoms with E-state index in [-0.39, 0.29) is 29.4 Å². The van der Waals surface area contributed by atoms with Crippen LogP contribution in [0.1, 0.15) is 28.9 Å². The summed E-state index contributed by atoms with van der Waals surface area (Å²) in [6, 6.07) is 6.81. The molecule has 0 radical (unpaired) electrons. The Hall–Kier alpha value is -4.26. The molecule has 1 fully saturated rings. The van der Waals surface area contributed by atoms with Gasteiger partial charge in [-0.15, -0.1) is 10.2 Å². The second-order valence-electron chi connectivity index (χ2n) is 6.99. The number of aromatic nitrogens is 3. The molecule has 0 bridgehead atoms. The zero-order chi connectivity index (χ0) is 23.1. The van der Waals surface area contributed by atoms with E-state index in [0.29, 0.717) is 30.2 Å². The third kappa shape index (κ3) is 5.26. The molecule has 0 aliphatic carbocycles. The number of likely N-dealkylation sites (tertiary alicyclic amines) is 1. The van der Waals surface area contributed by atoms with Crippen LogP contribution in [0, 0.1) is 0 Å². The van der Waals surface area contributed by atoms with Gasteiger partial charge >= 0.3 is 0 Å². The van der Waals surface area contributed by atoms with Crippen LogP contribution in [0.4, 0.5) is 17.5 Å². The average Bonchev–Trinajstić information content (AvgIpc) is 2.80. The monoisotopic (exact) mass is 439 g/mol. The lowest BCUT2D eigenvalue weighted by Gasteiger charge is -2.32. The van der Waals surface area contributed by atoms with Gasteiger partial charge in [0.25, 0.3) is 5.91 Å². The number of nitrogens with zero attached hydrogens (tertiary/aromatic N) is 5. The molecule has 3 rings (SSSR count). The molecule has 13 heteroatoms. The highest BCUT2D eigenvalue weighted by molar-refractivity contribution is 5.99. The number of hydrazine groups is 1. The first-order valence-electron chi connectivity index (χ1n) is 9.79. The zero-order valence-corrected chi connectivity index (χ0v) is 17.3. The molecule has 0 spiro atoms. The van der Waals surface area contributed by atoms with Crippen molar-refractivity contribution in [2.75, 3.05) is 23.7 Å². The molecule has 168 valence electrons. The Bertz CT molecular complexity index is 1020. The van der Waals surface area contributed by atoms with Crippen LogP contribution >= 0.6 is 0 Å². The van der Waals surface area contributed by atoms with Gasteiger partial charge in [-0.3, -0.25) is 9.59 Å². The zero-order valence-electron chi connectivity index (χ0n) is 17.3. The number of amidine groups is 1. The van der Waals surface area contributed by atoms with Crippen LogP contribution in [0.3, 0.4) is 0 Å². The van der Waals surface area contributed by atoms with Crippen molar-refractivity contribution in [2.24, 2.45) is 22.5 Å². The van der Waals surface area contributed by atoms with Crippen LogP contribution in [-0.4, -0.2) is 56.9 Å². The number of nitrogens with two attached hydrogens (primary N) is 3. The molecule has 9 N–H and O–H groups in total. The van der Waals surface area contributed by atoms with E-state index in [1.54, 1.807) is 29.2 Å². The van der Waals surface area contributed by atoms with E-state index < -0.39 is 5.91 Å². The minimum Gasteiger partial charge on any atom is -0.364 e. The standard InChI is InChI=1S/C19H25N11O2/c1-2-14(31)30-9-3-4-13(10-30)24-19-25-18(15(16(20)32)28-29-19)23-12-7-5-11(6-8-12)17(26-21)27-22/h2,5-8,13H,1,3-4,9-10,21-22H2,(H2,20,32)(H,26,27)(H2,23,24,25,29)/t13-/m1/s1. The van der Waals surface area contributed by atoms with Crippen molar-refractivity contribution in [3.05, 3.63) is 48.2 Å². The number of hydrogen-bond acceptors (Lipinski definition) is 10. The van der Waals surface area contributed by atoms with E-state index in [9.17, 15) is 9.59 Å². The molecule has 1 atom stereocenters. The SMILES string of the molecule is C=CC(=O)N1CCC[C@@H](Nc2nnc(C(N)=O)c(Nc3ccc(/C(=N/N)NN)cc3)n2)C1. The number of rotatable bonds is 7. The molecule has 1 aromatic carbocycles. The van der Waals surface area contributed by atoms with Crippen LogP contribution in [0.5, 0.6) is 0 Å². The van der Waals surface area contributed by atoms with E-state index in [1.807, 2.05) is 0 Å². The fraction of sp³-hybridized carbons (Fsp3) is 0.263. The predicted molar refractivity (Wildman–Crippen MR) is 120 cm³/mol. The molecule has 13 nitrogen and oxygen atoms in total. The number of benzene rings is 1. The predicted octanol–water partition coefficient (Wildman–Crippen LogP) is -0.613. The largest absolute Gasteiger partial charge is 0.364 e. The van der Waals surface area contributed by atoms with Crippen molar-refractivity contribution >= 4 is 35.1 Å². The Morgan fingerprint density at radius 3 is 2.62 bits per heavy atom. The molecule has 2 heterocycles. The van der Waals surface area contributed by atoms with E-state index in [1.165, 1.54) is 6.08 Å². The summed E-state index contributed by atoms with van der Waals surface area (Å²) < 4.78 is 0. The van der Waals surface area contributed by atoms with E-state index in [2.05, 4.69) is 42.9 Å². The number of amides is 2. The first-order chi connectivity index (χ1) is 15.4. The second-order valence-corrected chi connectivity index (χ2v) is 6.99. The lowest BCUT2D eigenvalue weighted by atomic mass is 10.1. The summed E-state index contributed by atoms with van der Waals surface area (Å²) in [6.07, 6.45) is 2.95. The number of hydrogen-bond donors (Lipinski definition) is 6. The average molecular weight is 439 g/mol. The molecular formula is C19H25N11O2. The number of carbonyl (C=O) groups is 2. The molecule has 0 unspecified atom stereocenters. The van der Waals surface area contributed by atoms with Crippen LogP contribution in [0.2, 0.25) is 0 Å². The van der Waals surface area contributed by atoms with Crippen molar-refractivity contribution in [2.45, 2.75) is 18.9 Å². The first kappa shape index (κ1) is 22.4. The highest BCUT2D eigenvalue weighted by Gasteiger charge is 2.23. The maximum atomic E-state index is 11.9. The fourth-order valence-electron chi connectivity index (χ4n) is 3.29. The van der Waals surface area contributed by atoms with E-state index in [4.69, 9.17) is 17.4 Å². The van der Waals surface area contributed by atoms with Gasteiger partial charge in [0.15, 0.2) is 17.3 Å². The maximum absolute atomic E-state index is 11.9. The fourth-order valence-corrected chi connectivity index (χ4v) is 3.29. The number of hydrazone groups is 1. The van der Waals surface area contributed by atoms with Gasteiger partial charge in [-0.1, -0.05) is 6.58 Å². The van der Waals surface area contributed by atoms with Gasteiger partial charge in [0.2, 0.25) is 11.9 Å². The summed E-state index contributed by atoms with van der Waals surface area (Å²) >= 11 is 0. The lowest BCUT2D eigenvalue weighted by molar-refractivity contribution is -0.127. The quantitative estimate of drug-likeness (QED) is 0.106. The van der Waals surface area contributed by atoms with Gasteiger partial charge in [0.1, 0.15) is 0 Å². The van der Waals surface area contributed by atoms with Crippen molar-refractivity contribution in [3.8, 4) is 0 Å². The number of nitrogens with one attached hydrogen (secondary N) is 3. The maximum Gasteiger partial charge on any atom is 0.273 e. The van der Waals surface area contributed by atoms with E-state index >= 15 is 0 Å². The number of primary amides is 1. The Morgan fingerprint density at radius 2 is 2.00 bits per heavy atom. The van der Waals surface area contributed by atoms with Gasteiger partial charge in [-0.2, -0.15) is 10.1 Å². The minimum atomic E-state index is -0.777. The van der Waals surface area contributed by atoms with Crippen molar-refractivity contribution in [1.82, 2.24) is 25.5 Å². The van der Waals surface area contributed by atoms with Crippen LogP contribution in [0.25, 0.3) is 0 Å². The van der Waals surface area contributed by atoms with Crippen LogP contribution in [-0.2, 0) is 4.79 Å². The molecular weight excluding hydrogens is 414 g/mol. The van der Waals surface area contributed by atoms with Crippen molar-refractivity contribution in [3.63, 3.8) is 0 Å². The van der Waals surface area contributed by atoms with Gasteiger partial charge in [0, 0.05) is 30.4 Å². The summed E-state index contributed by atoms with van der Waals surface area (Å²) in [7, 11) is 0. The summed E-state index contributed by atoms with van der Waals surface area (Å²) in [6.45, 7) is 4.68. The third-order valence-electron chi connectivity index (χ3n) is 4.85. The van der Waals surface area contributed by atoms with Gasteiger partial charge in [-0.05, 0) is 43.2 Å². The molecule has 1 aliphatic heterocycles. The summed E-state index contributed by atoms with van der Waals surface area (Å²) in [5.41, 5.74) is 8.98. The summed E-state index contributed by atoms with van der Waals surface area (Å²) in [5.74, 6) is 10.4. The summed E-state index contributed by atoms with van der Waals surface area (Å²) in [5, 5.41) is 17.6. The Balaban J connectivity index is 1.78. The Kier molecular flexibility index (Phi) is 7.13. The topological polar surface area (TPSA) is 203 Å². The number of anilines is 3. The molecule has 1 aromatic heterocycles. The van der Waals surface area contributed by atoms with Crippen LogP contribution in [0.15, 0.2) is 42.0 Å². The Morgan fingerprint density at radius 1 is 1.25 bits per heavy atom. The summed E-state index contributed by atoms with van der Waals surface area (Å²) in [4.78, 5) is 29.8. The van der Waals surface area contributed by atoms with E-state index in [0.717, 1.165) is 12.8 Å². The van der Waals surface area contributed by atoms with Gasteiger partial charge < -0.3 is 32.5 Å². The highest BCUT2D eigenvalue weighted by atomic mass is 16.2. The number of carbonyl (C=O) groups excluding carboxylic acids is 2. The van der Waals surface area contributed by atoms with Gasteiger partial charge in [0.05, 0.1) is 0 Å². The third-order valence-corrected chi connectivity index (χ3v) is 4.85. The Labute approximate surface area is 184 Å². The molecule has 0 saturated carbocycles. The molecule has 1 saturated heterocycles. The molecule has 2 aromatic rings. The normalized spacial score (nSPS) is 16.2. The van der Waals surface area contributed by atoms with Crippen molar-refractivity contribution in [1.29, 1.82) is 0 Å². The lowest BCUT2D eigenvalue weighted by Crippen LogP contribution is -2.44. The highest BCUT2D eigenvalue weighted by Crippen LogP contribution is 2.20. The smallest absolute Gasteiger partial charge is 0.273 e. The molecule has 2 amide bonds. The van der Waals surface area contributed by atoms with Gasteiger partial charge in [-0.25, -0.2) is 5.84 Å².